The molecule has 1 aliphatic carbocycles. The van der Waals surface area contributed by atoms with Crippen molar-refractivity contribution in [1.82, 2.24) is 5.32 Å². The summed E-state index contributed by atoms with van der Waals surface area (Å²) in [6, 6.07) is 0. The van der Waals surface area contributed by atoms with Crippen LogP contribution < -0.4 is 5.32 Å². The molecule has 0 heterocycles. The minimum absolute atomic E-state index is 0.0355. The van der Waals surface area contributed by atoms with Crippen LogP contribution in [0.4, 0.5) is 0 Å². The summed E-state index contributed by atoms with van der Waals surface area (Å²) in [5.41, 5.74) is 0. The van der Waals surface area contributed by atoms with E-state index in [1.54, 1.807) is 0 Å². The monoisotopic (exact) mass is 181 g/mol. The van der Waals surface area contributed by atoms with E-state index in [4.69, 9.17) is 0 Å². The second kappa shape index (κ2) is 6.01. The van der Waals surface area contributed by atoms with E-state index in [2.05, 4.69) is 17.2 Å². The molecule has 2 N–H and O–H groups in total. The molecule has 1 fully saturated rings. The van der Waals surface area contributed by atoms with E-state index in [0.717, 1.165) is 44.7 Å². The summed E-state index contributed by atoms with van der Waals surface area (Å²) >= 11 is 0. The lowest BCUT2D eigenvalue weighted by atomic mass is 9.87. The zero-order valence-corrected chi connectivity index (χ0v) is 8.34. The number of aliphatic hydroxyl groups is 1. The Morgan fingerprint density at radius 3 is 2.62 bits per heavy atom. The van der Waals surface area contributed by atoms with Crippen LogP contribution in [-0.4, -0.2) is 24.3 Å². The largest absolute Gasteiger partial charge is 0.393 e. The second-order valence-electron chi connectivity index (χ2n) is 3.73. The molecule has 0 saturated heterocycles. The summed E-state index contributed by atoms with van der Waals surface area (Å²) in [6.07, 6.45) is 4.24. The van der Waals surface area contributed by atoms with Gasteiger partial charge in [0.2, 0.25) is 0 Å². The molecule has 2 heteroatoms. The van der Waals surface area contributed by atoms with Gasteiger partial charge in [-0.05, 0) is 45.1 Å². The molecule has 0 aromatic rings. The third-order valence-corrected chi connectivity index (χ3v) is 2.64. The molecule has 0 aromatic heterocycles. The molecule has 1 saturated carbocycles. The van der Waals surface area contributed by atoms with Crippen molar-refractivity contribution in [3.8, 4) is 11.8 Å². The predicted molar refractivity (Wildman–Crippen MR) is 54.3 cm³/mol. The first kappa shape index (κ1) is 10.6. The Balaban J connectivity index is 2.04. The standard InChI is InChI=1S/C11H19NO/c1-2-3-8-12-9-10-4-6-11(13)7-5-10/h10-13H,4-9H2,1H3. The summed E-state index contributed by atoms with van der Waals surface area (Å²) < 4.78 is 0. The van der Waals surface area contributed by atoms with E-state index in [1.807, 2.05) is 6.92 Å². The van der Waals surface area contributed by atoms with Gasteiger partial charge in [-0.2, -0.15) is 0 Å². The molecule has 0 aromatic carbocycles. The molecule has 0 unspecified atom stereocenters. The number of hydrogen-bond acceptors (Lipinski definition) is 2. The SMILES string of the molecule is CC#CCNCC1CCC(O)CC1. The molecular formula is C11H19NO. The van der Waals surface area contributed by atoms with Crippen LogP contribution in [0.1, 0.15) is 32.6 Å². The number of nitrogens with one attached hydrogen (secondary N) is 1. The molecule has 13 heavy (non-hydrogen) atoms. The fraction of sp³-hybridized carbons (Fsp3) is 0.818. The van der Waals surface area contributed by atoms with Gasteiger partial charge < -0.3 is 10.4 Å². The highest BCUT2D eigenvalue weighted by atomic mass is 16.3. The Kier molecular flexibility index (Phi) is 4.88. The molecule has 0 radical (unpaired) electrons. The summed E-state index contributed by atoms with van der Waals surface area (Å²) in [7, 11) is 0. The third-order valence-electron chi connectivity index (χ3n) is 2.64. The van der Waals surface area contributed by atoms with Crippen molar-refractivity contribution in [3.05, 3.63) is 0 Å². The molecule has 0 atom stereocenters. The maximum absolute atomic E-state index is 9.29. The highest BCUT2D eigenvalue weighted by Crippen LogP contribution is 2.23. The normalized spacial score (nSPS) is 27.8. The van der Waals surface area contributed by atoms with Gasteiger partial charge in [-0.15, -0.1) is 5.92 Å². The molecule has 0 aliphatic heterocycles. The van der Waals surface area contributed by atoms with Crippen molar-refractivity contribution in [3.63, 3.8) is 0 Å². The lowest BCUT2D eigenvalue weighted by Gasteiger charge is -2.25. The van der Waals surface area contributed by atoms with Crippen molar-refractivity contribution in [1.29, 1.82) is 0 Å². The third kappa shape index (κ3) is 4.31. The molecule has 74 valence electrons. The molecule has 0 bridgehead atoms. The Morgan fingerprint density at radius 2 is 2.00 bits per heavy atom. The zero-order valence-electron chi connectivity index (χ0n) is 8.34. The first-order valence-electron chi connectivity index (χ1n) is 5.11. The van der Waals surface area contributed by atoms with Gasteiger partial charge in [-0.3, -0.25) is 0 Å². The number of aliphatic hydroxyl groups excluding tert-OH is 1. The number of hydrogen-bond donors (Lipinski definition) is 2. The van der Waals surface area contributed by atoms with E-state index >= 15 is 0 Å². The van der Waals surface area contributed by atoms with Gasteiger partial charge in [0.05, 0.1) is 12.6 Å². The summed E-state index contributed by atoms with van der Waals surface area (Å²) in [5.74, 6) is 6.60. The van der Waals surface area contributed by atoms with Gasteiger partial charge in [-0.25, -0.2) is 0 Å². The molecule has 0 spiro atoms. The summed E-state index contributed by atoms with van der Waals surface area (Å²) in [4.78, 5) is 0. The van der Waals surface area contributed by atoms with Crippen LogP contribution in [0.3, 0.4) is 0 Å². The van der Waals surface area contributed by atoms with Gasteiger partial charge in [0.15, 0.2) is 0 Å². The maximum Gasteiger partial charge on any atom is 0.0576 e. The van der Waals surface area contributed by atoms with Crippen molar-refractivity contribution < 1.29 is 5.11 Å². The van der Waals surface area contributed by atoms with Crippen molar-refractivity contribution >= 4 is 0 Å². The Labute approximate surface area is 80.7 Å². The molecule has 1 rings (SSSR count). The van der Waals surface area contributed by atoms with Gasteiger partial charge in [0.1, 0.15) is 0 Å². The van der Waals surface area contributed by atoms with Crippen LogP contribution in [0.5, 0.6) is 0 Å². The predicted octanol–water partition coefficient (Wildman–Crippen LogP) is 1.15. The smallest absolute Gasteiger partial charge is 0.0576 e. The first-order valence-corrected chi connectivity index (χ1v) is 5.11. The van der Waals surface area contributed by atoms with E-state index in [0.29, 0.717) is 0 Å². The van der Waals surface area contributed by atoms with Gasteiger partial charge >= 0.3 is 0 Å². The topological polar surface area (TPSA) is 32.3 Å². The van der Waals surface area contributed by atoms with Crippen molar-refractivity contribution in [2.45, 2.75) is 38.7 Å². The minimum Gasteiger partial charge on any atom is -0.393 e. The van der Waals surface area contributed by atoms with Crippen molar-refractivity contribution in [2.24, 2.45) is 5.92 Å². The fourth-order valence-corrected chi connectivity index (χ4v) is 1.78. The highest BCUT2D eigenvalue weighted by Gasteiger charge is 2.18. The van der Waals surface area contributed by atoms with E-state index < -0.39 is 0 Å². The average Bonchev–Trinajstić information content (AvgIpc) is 2.15. The van der Waals surface area contributed by atoms with Gasteiger partial charge in [-0.1, -0.05) is 5.92 Å². The van der Waals surface area contributed by atoms with Crippen molar-refractivity contribution in [2.75, 3.05) is 13.1 Å². The summed E-state index contributed by atoms with van der Waals surface area (Å²) in [6.45, 7) is 3.72. The highest BCUT2D eigenvalue weighted by molar-refractivity contribution is 4.97. The van der Waals surface area contributed by atoms with E-state index in [9.17, 15) is 5.11 Å². The van der Waals surface area contributed by atoms with Gasteiger partial charge in [0, 0.05) is 0 Å². The van der Waals surface area contributed by atoms with Gasteiger partial charge in [0.25, 0.3) is 0 Å². The maximum atomic E-state index is 9.29. The molecular weight excluding hydrogens is 162 g/mol. The Hall–Kier alpha value is -0.520. The first-order chi connectivity index (χ1) is 6.33. The van der Waals surface area contributed by atoms with Crippen LogP contribution in [0.25, 0.3) is 0 Å². The quantitative estimate of drug-likeness (QED) is 0.505. The average molecular weight is 181 g/mol. The number of rotatable bonds is 3. The lowest BCUT2D eigenvalue weighted by molar-refractivity contribution is 0.108. The molecule has 1 aliphatic rings. The Bertz CT molecular complexity index is 184. The van der Waals surface area contributed by atoms with Crippen LogP contribution >= 0.6 is 0 Å². The summed E-state index contributed by atoms with van der Waals surface area (Å²) in [5, 5.41) is 12.6. The second-order valence-corrected chi connectivity index (χ2v) is 3.73. The minimum atomic E-state index is -0.0355. The van der Waals surface area contributed by atoms with E-state index in [1.165, 1.54) is 0 Å². The van der Waals surface area contributed by atoms with Crippen LogP contribution in [-0.2, 0) is 0 Å². The van der Waals surface area contributed by atoms with E-state index in [-0.39, 0.29) is 6.10 Å². The van der Waals surface area contributed by atoms with Crippen LogP contribution in [0.15, 0.2) is 0 Å². The zero-order chi connectivity index (χ0) is 9.52. The lowest BCUT2D eigenvalue weighted by Crippen LogP contribution is -2.28. The molecule has 2 nitrogen and oxygen atoms in total. The van der Waals surface area contributed by atoms with Crippen LogP contribution in [0.2, 0.25) is 0 Å². The fourth-order valence-electron chi connectivity index (χ4n) is 1.78. The molecule has 0 amide bonds. The Morgan fingerprint density at radius 1 is 1.31 bits per heavy atom. The van der Waals surface area contributed by atoms with Crippen LogP contribution in [0, 0.1) is 17.8 Å².